The number of ether oxygens (including phenoxy) is 3. The van der Waals surface area contributed by atoms with Gasteiger partial charge in [-0.15, -0.1) is 0 Å². The molecule has 0 saturated heterocycles. The third kappa shape index (κ3) is 3.91. The topological polar surface area (TPSA) is 39.7 Å². The zero-order chi connectivity index (χ0) is 14.5. The highest BCUT2D eigenvalue weighted by Crippen LogP contribution is 2.30. The van der Waals surface area contributed by atoms with Crippen molar-refractivity contribution in [3.63, 3.8) is 0 Å². The first-order valence-electron chi connectivity index (χ1n) is 6.54. The molecule has 0 amide bonds. The predicted octanol–water partition coefficient (Wildman–Crippen LogP) is 2.36. The number of rotatable bonds is 7. The Bertz CT molecular complexity index is 426. The molecule has 0 radical (unpaired) electrons. The molecule has 1 saturated carbocycles. The predicted molar refractivity (Wildman–Crippen MR) is 77.6 cm³/mol. The van der Waals surface area contributed by atoms with Crippen LogP contribution in [0.3, 0.4) is 0 Å². The Kier molecular flexibility index (Phi) is 5.77. The van der Waals surface area contributed by atoms with Crippen molar-refractivity contribution in [1.29, 1.82) is 0 Å². The molecule has 1 aromatic carbocycles. The smallest absolute Gasteiger partial charge is 0.128 e. The van der Waals surface area contributed by atoms with Crippen LogP contribution in [0.1, 0.15) is 6.42 Å². The van der Waals surface area contributed by atoms with Crippen LogP contribution >= 0.6 is 15.9 Å². The third-order valence-electron chi connectivity index (χ3n) is 3.34. The van der Waals surface area contributed by atoms with Crippen molar-refractivity contribution in [2.75, 3.05) is 27.4 Å². The van der Waals surface area contributed by atoms with Crippen LogP contribution in [-0.4, -0.2) is 45.6 Å². The summed E-state index contributed by atoms with van der Waals surface area (Å²) in [7, 11) is 3.53. The molecule has 0 heterocycles. The average Bonchev–Trinajstić information content (AvgIpc) is 2.38. The first-order chi connectivity index (χ1) is 9.63. The van der Waals surface area contributed by atoms with E-state index in [-0.39, 0.29) is 24.1 Å². The highest BCUT2D eigenvalue weighted by atomic mass is 79.9. The fourth-order valence-corrected chi connectivity index (χ4v) is 2.69. The third-order valence-corrected chi connectivity index (χ3v) is 3.80. The first-order valence-corrected chi connectivity index (χ1v) is 7.34. The van der Waals surface area contributed by atoms with Crippen LogP contribution in [0.15, 0.2) is 22.7 Å². The highest BCUT2D eigenvalue weighted by Gasteiger charge is 2.43. The molecule has 6 heteroatoms. The van der Waals surface area contributed by atoms with Gasteiger partial charge in [0.15, 0.2) is 0 Å². The van der Waals surface area contributed by atoms with Gasteiger partial charge in [0.05, 0.1) is 13.2 Å². The van der Waals surface area contributed by atoms with Gasteiger partial charge in [-0.1, -0.05) is 15.9 Å². The summed E-state index contributed by atoms with van der Waals surface area (Å²) >= 11 is 3.25. The molecule has 1 aromatic rings. The molecule has 0 aliphatic heterocycles. The molecule has 0 spiro atoms. The Morgan fingerprint density at radius 1 is 1.35 bits per heavy atom. The van der Waals surface area contributed by atoms with Gasteiger partial charge in [0.1, 0.15) is 23.8 Å². The van der Waals surface area contributed by atoms with Gasteiger partial charge >= 0.3 is 0 Å². The highest BCUT2D eigenvalue weighted by molar-refractivity contribution is 9.10. The lowest BCUT2D eigenvalue weighted by Crippen LogP contribution is -2.60. The van der Waals surface area contributed by atoms with E-state index in [1.807, 2.05) is 7.05 Å². The summed E-state index contributed by atoms with van der Waals surface area (Å²) in [5.41, 5.74) is 0. The van der Waals surface area contributed by atoms with Gasteiger partial charge in [-0.05, 0) is 19.2 Å². The number of hydrogen-bond acceptors (Lipinski definition) is 4. The van der Waals surface area contributed by atoms with Gasteiger partial charge in [0.25, 0.3) is 0 Å². The second-order valence-corrected chi connectivity index (χ2v) is 5.64. The summed E-state index contributed by atoms with van der Waals surface area (Å²) in [4.78, 5) is 0. The summed E-state index contributed by atoms with van der Waals surface area (Å²) in [6.07, 6.45) is 0.720. The van der Waals surface area contributed by atoms with E-state index in [0.29, 0.717) is 23.4 Å². The molecule has 4 nitrogen and oxygen atoms in total. The van der Waals surface area contributed by atoms with Crippen LogP contribution in [0.5, 0.6) is 5.75 Å². The van der Waals surface area contributed by atoms with Gasteiger partial charge in [0.2, 0.25) is 0 Å². The van der Waals surface area contributed by atoms with Crippen LogP contribution in [0.2, 0.25) is 0 Å². The second-order valence-electron chi connectivity index (χ2n) is 4.72. The minimum Gasteiger partial charge on any atom is -0.487 e. The van der Waals surface area contributed by atoms with Crippen molar-refractivity contribution in [3.8, 4) is 5.75 Å². The van der Waals surface area contributed by atoms with Crippen molar-refractivity contribution < 1.29 is 18.6 Å². The minimum atomic E-state index is -0.323. The first kappa shape index (κ1) is 15.7. The number of methoxy groups -OCH3 is 1. The summed E-state index contributed by atoms with van der Waals surface area (Å²) in [6.45, 7) is 1.07. The monoisotopic (exact) mass is 347 g/mol. The Labute approximate surface area is 126 Å². The molecule has 0 aromatic heterocycles. The summed E-state index contributed by atoms with van der Waals surface area (Å²) in [6, 6.07) is 4.79. The van der Waals surface area contributed by atoms with Crippen LogP contribution < -0.4 is 10.1 Å². The van der Waals surface area contributed by atoms with Crippen molar-refractivity contribution in [3.05, 3.63) is 28.5 Å². The normalized spacial score (nSPS) is 25.3. The molecule has 0 bridgehead atoms. The fraction of sp³-hybridized carbons (Fsp3) is 0.571. The van der Waals surface area contributed by atoms with Crippen molar-refractivity contribution in [2.45, 2.75) is 24.7 Å². The van der Waals surface area contributed by atoms with Crippen molar-refractivity contribution in [2.24, 2.45) is 0 Å². The molecule has 1 aliphatic carbocycles. The SMILES string of the molecule is CNC1CC(Oc2cc(F)cc(Br)c2)C1OCCOC. The maximum atomic E-state index is 13.3. The van der Waals surface area contributed by atoms with E-state index in [2.05, 4.69) is 21.2 Å². The van der Waals surface area contributed by atoms with E-state index in [1.165, 1.54) is 12.1 Å². The second kappa shape index (κ2) is 7.36. The van der Waals surface area contributed by atoms with E-state index < -0.39 is 0 Å². The van der Waals surface area contributed by atoms with Gasteiger partial charge in [-0.3, -0.25) is 0 Å². The Hall–Kier alpha value is -0.690. The lowest BCUT2D eigenvalue weighted by Gasteiger charge is -2.43. The molecule has 1 fully saturated rings. The van der Waals surface area contributed by atoms with E-state index in [4.69, 9.17) is 14.2 Å². The van der Waals surface area contributed by atoms with Gasteiger partial charge in [0, 0.05) is 30.1 Å². The van der Waals surface area contributed by atoms with E-state index >= 15 is 0 Å². The van der Waals surface area contributed by atoms with Crippen LogP contribution in [0, 0.1) is 5.82 Å². The number of nitrogens with one attached hydrogen (secondary N) is 1. The standard InChI is InChI=1S/C14H19BrFNO3/c1-17-12-8-13(14(12)19-4-3-18-2)20-11-6-9(15)5-10(16)7-11/h5-7,12-14,17H,3-4,8H2,1-2H3. The molecule has 1 N–H and O–H groups in total. The quantitative estimate of drug-likeness (QED) is 0.768. The Balaban J connectivity index is 1.94. The van der Waals surface area contributed by atoms with Gasteiger partial charge < -0.3 is 19.5 Å². The number of halogens is 2. The van der Waals surface area contributed by atoms with Crippen LogP contribution in [0.25, 0.3) is 0 Å². The molecule has 20 heavy (non-hydrogen) atoms. The van der Waals surface area contributed by atoms with Crippen LogP contribution in [0.4, 0.5) is 4.39 Å². The van der Waals surface area contributed by atoms with Crippen molar-refractivity contribution >= 4 is 15.9 Å². The lowest BCUT2D eigenvalue weighted by atomic mass is 9.85. The number of hydrogen-bond donors (Lipinski definition) is 1. The number of benzene rings is 1. The van der Waals surface area contributed by atoms with E-state index in [0.717, 1.165) is 6.42 Å². The number of likely N-dealkylation sites (N-methyl/N-ethyl adjacent to an activating group) is 1. The average molecular weight is 348 g/mol. The molecule has 1 aliphatic rings. The lowest BCUT2D eigenvalue weighted by molar-refractivity contribution is -0.114. The molecule has 3 unspecified atom stereocenters. The van der Waals surface area contributed by atoms with E-state index in [1.54, 1.807) is 13.2 Å². The molecule has 112 valence electrons. The van der Waals surface area contributed by atoms with E-state index in [9.17, 15) is 4.39 Å². The Morgan fingerprint density at radius 3 is 2.80 bits per heavy atom. The molecule has 3 atom stereocenters. The summed E-state index contributed by atoms with van der Waals surface area (Å²) in [5.74, 6) is 0.187. The zero-order valence-electron chi connectivity index (χ0n) is 11.6. The largest absolute Gasteiger partial charge is 0.487 e. The van der Waals surface area contributed by atoms with Gasteiger partial charge in [-0.2, -0.15) is 0 Å². The zero-order valence-corrected chi connectivity index (χ0v) is 13.2. The summed E-state index contributed by atoms with van der Waals surface area (Å²) < 4.78 is 30.5. The van der Waals surface area contributed by atoms with Gasteiger partial charge in [-0.25, -0.2) is 4.39 Å². The molecule has 2 rings (SSSR count). The molecular weight excluding hydrogens is 329 g/mol. The molecular formula is C14H19BrFNO3. The maximum absolute atomic E-state index is 13.3. The maximum Gasteiger partial charge on any atom is 0.128 e. The minimum absolute atomic E-state index is 0.0443. The van der Waals surface area contributed by atoms with Crippen molar-refractivity contribution in [1.82, 2.24) is 5.32 Å². The Morgan fingerprint density at radius 2 is 2.15 bits per heavy atom. The van der Waals surface area contributed by atoms with Crippen LogP contribution in [-0.2, 0) is 9.47 Å². The summed E-state index contributed by atoms with van der Waals surface area (Å²) in [5, 5.41) is 3.19. The fourth-order valence-electron chi connectivity index (χ4n) is 2.24.